The highest BCUT2D eigenvalue weighted by Crippen LogP contribution is 2.42. The SMILES string of the molecule is O=C(N1CC(OCc2ccc(C(F)(F)F)cc2F)C1)N1CC2(CCS(=O)(=O)CC2)C1. The topological polar surface area (TPSA) is 66.9 Å². The van der Waals surface area contributed by atoms with E-state index in [1.54, 1.807) is 9.80 Å². The summed E-state index contributed by atoms with van der Waals surface area (Å²) < 4.78 is 80.2. The summed E-state index contributed by atoms with van der Waals surface area (Å²) in [6, 6.07) is 2.19. The molecule has 11 heteroatoms. The van der Waals surface area contributed by atoms with E-state index in [4.69, 9.17) is 4.74 Å². The number of hydrogen-bond acceptors (Lipinski definition) is 4. The number of sulfone groups is 1. The molecule has 0 aromatic heterocycles. The quantitative estimate of drug-likeness (QED) is 0.665. The van der Waals surface area contributed by atoms with Crippen molar-refractivity contribution >= 4 is 15.9 Å². The molecule has 30 heavy (non-hydrogen) atoms. The molecule has 0 saturated carbocycles. The molecule has 6 nitrogen and oxygen atoms in total. The summed E-state index contributed by atoms with van der Waals surface area (Å²) in [5, 5.41) is 0. The van der Waals surface area contributed by atoms with Gasteiger partial charge in [-0.15, -0.1) is 0 Å². The van der Waals surface area contributed by atoms with Crippen LogP contribution < -0.4 is 0 Å². The lowest BCUT2D eigenvalue weighted by Gasteiger charge is -2.54. The second-order valence-corrected chi connectivity index (χ2v) is 10.7. The van der Waals surface area contributed by atoms with E-state index >= 15 is 0 Å². The predicted molar refractivity (Wildman–Crippen MR) is 98.8 cm³/mol. The second kappa shape index (κ2) is 7.37. The third kappa shape index (κ3) is 4.27. The minimum absolute atomic E-state index is 0.0321. The first-order valence-corrected chi connectivity index (χ1v) is 11.5. The Kier molecular flexibility index (Phi) is 5.24. The van der Waals surface area contributed by atoms with Crippen molar-refractivity contribution < 1.29 is 35.5 Å². The van der Waals surface area contributed by atoms with Crippen LogP contribution in [0.1, 0.15) is 24.0 Å². The average molecular weight is 450 g/mol. The summed E-state index contributed by atoms with van der Waals surface area (Å²) in [5.41, 5.74) is -1.10. The van der Waals surface area contributed by atoms with Gasteiger partial charge >= 0.3 is 12.2 Å². The molecule has 0 aliphatic carbocycles. The Balaban J connectivity index is 1.20. The van der Waals surface area contributed by atoms with Crippen molar-refractivity contribution in [2.75, 3.05) is 37.7 Å². The fourth-order valence-electron chi connectivity index (χ4n) is 4.13. The highest BCUT2D eigenvalue weighted by atomic mass is 32.2. The average Bonchev–Trinajstić information content (AvgIpc) is 2.59. The number of likely N-dealkylation sites (tertiary alicyclic amines) is 2. The number of urea groups is 1. The van der Waals surface area contributed by atoms with Crippen molar-refractivity contribution in [3.05, 3.63) is 35.1 Å². The maximum Gasteiger partial charge on any atom is 0.416 e. The summed E-state index contributed by atoms with van der Waals surface area (Å²) in [6.07, 6.45) is -3.73. The highest BCUT2D eigenvalue weighted by molar-refractivity contribution is 7.91. The van der Waals surface area contributed by atoms with Crippen molar-refractivity contribution in [1.82, 2.24) is 9.80 Å². The summed E-state index contributed by atoms with van der Waals surface area (Å²) >= 11 is 0. The molecule has 3 fully saturated rings. The van der Waals surface area contributed by atoms with E-state index in [1.807, 2.05) is 0 Å². The van der Waals surface area contributed by atoms with Crippen LogP contribution in [0.4, 0.5) is 22.4 Å². The molecule has 1 aromatic rings. The lowest BCUT2D eigenvalue weighted by Crippen LogP contribution is -2.66. The van der Waals surface area contributed by atoms with Crippen LogP contribution in [0.5, 0.6) is 0 Å². The van der Waals surface area contributed by atoms with E-state index < -0.39 is 27.4 Å². The monoisotopic (exact) mass is 450 g/mol. The van der Waals surface area contributed by atoms with Crippen molar-refractivity contribution in [3.63, 3.8) is 0 Å². The minimum Gasteiger partial charge on any atom is -0.370 e. The van der Waals surface area contributed by atoms with Crippen LogP contribution in [-0.4, -0.2) is 68.0 Å². The summed E-state index contributed by atoms with van der Waals surface area (Å²) in [4.78, 5) is 15.8. The van der Waals surface area contributed by atoms with Gasteiger partial charge in [-0.3, -0.25) is 0 Å². The van der Waals surface area contributed by atoms with E-state index in [2.05, 4.69) is 0 Å². The van der Waals surface area contributed by atoms with E-state index in [9.17, 15) is 30.8 Å². The van der Waals surface area contributed by atoms with Gasteiger partial charge in [-0.05, 0) is 25.0 Å². The maximum absolute atomic E-state index is 13.9. The molecule has 0 bridgehead atoms. The van der Waals surface area contributed by atoms with Gasteiger partial charge in [0.15, 0.2) is 0 Å². The van der Waals surface area contributed by atoms with Crippen molar-refractivity contribution in [2.45, 2.75) is 31.7 Å². The number of benzene rings is 1. The smallest absolute Gasteiger partial charge is 0.370 e. The van der Waals surface area contributed by atoms with Gasteiger partial charge in [-0.25, -0.2) is 17.6 Å². The van der Waals surface area contributed by atoms with Gasteiger partial charge in [0.1, 0.15) is 15.7 Å². The highest BCUT2D eigenvalue weighted by Gasteiger charge is 2.50. The molecule has 3 aliphatic rings. The van der Waals surface area contributed by atoms with Gasteiger partial charge in [-0.1, -0.05) is 6.07 Å². The number of hydrogen-bond donors (Lipinski definition) is 0. The molecule has 166 valence electrons. The van der Waals surface area contributed by atoms with Crippen LogP contribution in [0.25, 0.3) is 0 Å². The minimum atomic E-state index is -4.60. The molecule has 1 spiro atoms. The summed E-state index contributed by atoms with van der Waals surface area (Å²) in [7, 11) is -2.94. The molecule has 0 N–H and O–H groups in total. The summed E-state index contributed by atoms with van der Waals surface area (Å²) in [5.74, 6) is -0.623. The number of amides is 2. The molecule has 3 heterocycles. The number of nitrogens with zero attached hydrogens (tertiary/aromatic N) is 2. The first-order valence-electron chi connectivity index (χ1n) is 9.68. The van der Waals surface area contributed by atoms with E-state index in [1.165, 1.54) is 0 Å². The number of halogens is 4. The van der Waals surface area contributed by atoms with Crippen LogP contribution in [-0.2, 0) is 27.4 Å². The lowest BCUT2D eigenvalue weighted by atomic mass is 9.75. The van der Waals surface area contributed by atoms with Gasteiger partial charge in [0.2, 0.25) is 0 Å². The number of carbonyl (C=O) groups is 1. The molecule has 4 rings (SSSR count). The first kappa shape index (κ1) is 21.4. The zero-order chi connectivity index (χ0) is 21.7. The van der Waals surface area contributed by atoms with Gasteiger partial charge in [0.25, 0.3) is 0 Å². The Morgan fingerprint density at radius 2 is 1.77 bits per heavy atom. The van der Waals surface area contributed by atoms with Crippen LogP contribution in [0.2, 0.25) is 0 Å². The molecular weight excluding hydrogens is 428 g/mol. The molecule has 0 unspecified atom stereocenters. The molecular formula is C19H22F4N2O4S. The first-order chi connectivity index (χ1) is 14.0. The van der Waals surface area contributed by atoms with Crippen LogP contribution >= 0.6 is 0 Å². The third-order valence-electron chi connectivity index (χ3n) is 6.18. The van der Waals surface area contributed by atoms with E-state index in [0.29, 0.717) is 45.1 Å². The molecule has 1 aromatic carbocycles. The Hall–Kier alpha value is -1.88. The van der Waals surface area contributed by atoms with Crippen molar-refractivity contribution in [3.8, 4) is 0 Å². The number of ether oxygens (including phenoxy) is 1. The predicted octanol–water partition coefficient (Wildman–Crippen LogP) is 2.68. The lowest BCUT2D eigenvalue weighted by molar-refractivity contribution is -0.137. The zero-order valence-corrected chi connectivity index (χ0v) is 16.9. The fourth-order valence-corrected chi connectivity index (χ4v) is 5.83. The number of carbonyl (C=O) groups excluding carboxylic acids is 1. The zero-order valence-electron chi connectivity index (χ0n) is 16.1. The molecule has 0 atom stereocenters. The summed E-state index contributed by atoms with van der Waals surface area (Å²) in [6.45, 7) is 1.61. The molecule has 3 aliphatic heterocycles. The van der Waals surface area contributed by atoms with Gasteiger partial charge in [0.05, 0.1) is 42.9 Å². The molecule has 2 amide bonds. The Bertz CT molecular complexity index is 922. The Morgan fingerprint density at radius 3 is 2.33 bits per heavy atom. The second-order valence-electron chi connectivity index (χ2n) is 8.43. The fraction of sp³-hybridized carbons (Fsp3) is 0.632. The molecule has 3 saturated heterocycles. The Labute approximate surface area is 171 Å². The standard InChI is InChI=1S/C19H22F4N2O4S/c20-16-7-14(19(21,22)23)2-1-13(16)10-29-15-8-24(9-15)17(26)25-11-18(12-25)3-5-30(27,28)6-4-18/h1-2,7,15H,3-6,8-12H2. The Morgan fingerprint density at radius 1 is 1.13 bits per heavy atom. The largest absolute Gasteiger partial charge is 0.416 e. The maximum atomic E-state index is 13.9. The van der Waals surface area contributed by atoms with Crippen LogP contribution in [0.15, 0.2) is 18.2 Å². The van der Waals surface area contributed by atoms with Crippen molar-refractivity contribution in [1.29, 1.82) is 0 Å². The van der Waals surface area contributed by atoms with E-state index in [-0.39, 0.29) is 41.2 Å². The van der Waals surface area contributed by atoms with Crippen molar-refractivity contribution in [2.24, 2.45) is 5.41 Å². The normalized spacial score (nSPS) is 23.2. The molecule has 0 radical (unpaired) electrons. The van der Waals surface area contributed by atoms with Crippen LogP contribution in [0.3, 0.4) is 0 Å². The van der Waals surface area contributed by atoms with Gasteiger partial charge < -0.3 is 14.5 Å². The third-order valence-corrected chi connectivity index (χ3v) is 7.84. The number of rotatable bonds is 3. The van der Waals surface area contributed by atoms with Gasteiger partial charge in [0, 0.05) is 24.1 Å². The van der Waals surface area contributed by atoms with Crippen LogP contribution in [0, 0.1) is 11.2 Å². The van der Waals surface area contributed by atoms with Gasteiger partial charge in [-0.2, -0.15) is 13.2 Å². The van der Waals surface area contributed by atoms with E-state index in [0.717, 1.165) is 12.1 Å². The number of alkyl halides is 3.